The molecule has 3 nitrogen and oxygen atoms in total. The van der Waals surface area contributed by atoms with E-state index in [1.54, 1.807) is 24.3 Å². The first-order valence-corrected chi connectivity index (χ1v) is 4.88. The Morgan fingerprint density at radius 3 is 2.69 bits per heavy atom. The predicted octanol–water partition coefficient (Wildman–Crippen LogP) is 2.67. The van der Waals surface area contributed by atoms with Crippen LogP contribution >= 0.6 is 11.6 Å². The van der Waals surface area contributed by atoms with E-state index >= 15 is 0 Å². The number of amides is 1. The minimum Gasteiger partial charge on any atom is -0.274 e. The summed E-state index contributed by atoms with van der Waals surface area (Å²) in [6, 6.07) is 6.66. The molecule has 0 heterocycles. The zero-order valence-electron chi connectivity index (χ0n) is 8.91. The molecule has 0 N–H and O–H groups in total. The van der Waals surface area contributed by atoms with E-state index in [-0.39, 0.29) is 0 Å². The quantitative estimate of drug-likeness (QED) is 0.603. The summed E-state index contributed by atoms with van der Waals surface area (Å²) < 4.78 is 13.4. The number of likely N-dealkylation sites (N-methyl/N-ethyl adjacent to an activating group) is 1. The third-order valence-electron chi connectivity index (χ3n) is 1.95. The van der Waals surface area contributed by atoms with Gasteiger partial charge >= 0.3 is 5.91 Å². The topological polar surface area (TPSA) is 29.5 Å². The number of hydrogen-bond donors (Lipinski definition) is 0. The van der Waals surface area contributed by atoms with E-state index in [1.807, 2.05) is 0 Å². The van der Waals surface area contributed by atoms with Crippen LogP contribution in [0.25, 0.3) is 6.08 Å². The zero-order chi connectivity index (χ0) is 12.1. The number of halogens is 2. The van der Waals surface area contributed by atoms with E-state index in [0.29, 0.717) is 10.6 Å². The molecule has 0 aromatic heterocycles. The molecule has 0 saturated carbocycles. The Labute approximate surface area is 98.0 Å². The molecule has 0 aliphatic rings. The molecular weight excluding hydrogens is 233 g/mol. The largest absolute Gasteiger partial charge is 0.305 e. The van der Waals surface area contributed by atoms with Gasteiger partial charge in [-0.25, -0.2) is 9.45 Å². The molecule has 0 aliphatic heterocycles. The molecule has 16 heavy (non-hydrogen) atoms. The Morgan fingerprint density at radius 1 is 1.50 bits per heavy atom. The number of carbonyl (C=O) groups excluding carboxylic acids is 1. The first-order valence-electron chi connectivity index (χ1n) is 4.50. The van der Waals surface area contributed by atoms with Crippen LogP contribution in [0, 0.1) is 0 Å². The summed E-state index contributed by atoms with van der Waals surface area (Å²) in [5.41, 5.74) is 0.444. The third-order valence-corrected chi connectivity index (χ3v) is 2.30. The van der Waals surface area contributed by atoms with Crippen molar-refractivity contribution in [2.24, 2.45) is 0 Å². The standard InChI is InChI=1S/C11H11ClFNO2/c1-14(16-2)11(15)10(13)7-8-5-3-4-6-9(8)12/h3-7H,1-2H3/b10-7-. The van der Waals surface area contributed by atoms with Crippen molar-refractivity contribution in [1.82, 2.24) is 5.06 Å². The summed E-state index contributed by atoms with van der Waals surface area (Å²) in [5.74, 6) is -1.79. The van der Waals surface area contributed by atoms with Crippen LogP contribution in [-0.4, -0.2) is 25.1 Å². The lowest BCUT2D eigenvalue weighted by Gasteiger charge is -2.11. The summed E-state index contributed by atoms with van der Waals surface area (Å²) in [7, 11) is 2.60. The third kappa shape index (κ3) is 3.05. The minimum absolute atomic E-state index is 0.380. The summed E-state index contributed by atoms with van der Waals surface area (Å²) in [4.78, 5) is 15.9. The van der Waals surface area contributed by atoms with Crippen LogP contribution in [0.2, 0.25) is 5.02 Å². The molecular formula is C11H11ClFNO2. The second kappa shape index (κ2) is 5.63. The summed E-state index contributed by atoms with van der Waals surface area (Å²) >= 11 is 5.82. The number of benzene rings is 1. The van der Waals surface area contributed by atoms with Gasteiger partial charge in [0, 0.05) is 12.1 Å². The molecule has 0 atom stereocenters. The van der Waals surface area contributed by atoms with Crippen molar-refractivity contribution in [3.63, 3.8) is 0 Å². The maximum Gasteiger partial charge on any atom is 0.305 e. The minimum atomic E-state index is -0.933. The molecule has 1 aromatic carbocycles. The van der Waals surface area contributed by atoms with Gasteiger partial charge in [0.25, 0.3) is 0 Å². The second-order valence-corrected chi connectivity index (χ2v) is 3.41. The molecule has 0 spiro atoms. The lowest BCUT2D eigenvalue weighted by atomic mass is 10.2. The van der Waals surface area contributed by atoms with Gasteiger partial charge in [-0.05, 0) is 17.7 Å². The van der Waals surface area contributed by atoms with E-state index in [0.717, 1.165) is 11.1 Å². The number of rotatable bonds is 3. The van der Waals surface area contributed by atoms with Gasteiger partial charge in [-0.15, -0.1) is 0 Å². The van der Waals surface area contributed by atoms with Gasteiger partial charge in [-0.3, -0.25) is 9.63 Å². The van der Waals surface area contributed by atoms with Crippen molar-refractivity contribution >= 4 is 23.6 Å². The van der Waals surface area contributed by atoms with Crippen molar-refractivity contribution in [1.29, 1.82) is 0 Å². The van der Waals surface area contributed by atoms with Gasteiger partial charge in [0.1, 0.15) is 0 Å². The number of carbonyl (C=O) groups is 1. The van der Waals surface area contributed by atoms with Crippen molar-refractivity contribution in [2.45, 2.75) is 0 Å². The molecule has 86 valence electrons. The molecule has 1 amide bonds. The van der Waals surface area contributed by atoms with Crippen LogP contribution < -0.4 is 0 Å². The number of hydrogen-bond acceptors (Lipinski definition) is 2. The molecule has 0 unspecified atom stereocenters. The Hall–Kier alpha value is -1.39. The van der Waals surface area contributed by atoms with Crippen molar-refractivity contribution < 1.29 is 14.0 Å². The van der Waals surface area contributed by atoms with Crippen LogP contribution in [0.3, 0.4) is 0 Å². The fraction of sp³-hybridized carbons (Fsp3) is 0.182. The van der Waals surface area contributed by atoms with Gasteiger partial charge in [0.2, 0.25) is 0 Å². The van der Waals surface area contributed by atoms with E-state index in [9.17, 15) is 9.18 Å². The molecule has 1 rings (SSSR count). The first-order chi connectivity index (χ1) is 7.56. The number of hydroxylamine groups is 2. The van der Waals surface area contributed by atoms with Crippen molar-refractivity contribution in [2.75, 3.05) is 14.2 Å². The highest BCUT2D eigenvalue weighted by Gasteiger charge is 2.14. The fourth-order valence-electron chi connectivity index (χ4n) is 1.02. The molecule has 1 aromatic rings. The van der Waals surface area contributed by atoms with Crippen LogP contribution in [0.15, 0.2) is 30.1 Å². The SMILES string of the molecule is CON(C)C(=O)/C(F)=C/c1ccccc1Cl. The van der Waals surface area contributed by atoms with Gasteiger partial charge in [-0.2, -0.15) is 0 Å². The Balaban J connectivity index is 2.93. The highest BCUT2D eigenvalue weighted by atomic mass is 35.5. The summed E-state index contributed by atoms with van der Waals surface area (Å²) in [5, 5.41) is 1.17. The highest BCUT2D eigenvalue weighted by molar-refractivity contribution is 6.32. The van der Waals surface area contributed by atoms with E-state index < -0.39 is 11.7 Å². The highest BCUT2D eigenvalue weighted by Crippen LogP contribution is 2.19. The molecule has 0 aliphatic carbocycles. The Morgan fingerprint density at radius 2 is 2.12 bits per heavy atom. The fourth-order valence-corrected chi connectivity index (χ4v) is 1.21. The summed E-state index contributed by atoms with van der Waals surface area (Å²) in [6.45, 7) is 0. The molecule has 0 saturated heterocycles. The van der Waals surface area contributed by atoms with Crippen LogP contribution in [0.5, 0.6) is 0 Å². The number of nitrogens with zero attached hydrogens (tertiary/aromatic N) is 1. The van der Waals surface area contributed by atoms with Crippen LogP contribution in [-0.2, 0) is 9.63 Å². The lowest BCUT2D eigenvalue weighted by Crippen LogP contribution is -2.25. The average Bonchev–Trinajstić information content (AvgIpc) is 2.30. The molecule has 5 heteroatoms. The maximum atomic E-state index is 13.4. The van der Waals surface area contributed by atoms with E-state index in [2.05, 4.69) is 4.84 Å². The van der Waals surface area contributed by atoms with Crippen LogP contribution in [0.1, 0.15) is 5.56 Å². The zero-order valence-corrected chi connectivity index (χ0v) is 9.66. The van der Waals surface area contributed by atoms with Gasteiger partial charge in [0.15, 0.2) is 5.83 Å². The van der Waals surface area contributed by atoms with E-state index in [4.69, 9.17) is 11.6 Å². The lowest BCUT2D eigenvalue weighted by molar-refractivity contribution is -0.165. The molecule has 0 bridgehead atoms. The van der Waals surface area contributed by atoms with Crippen molar-refractivity contribution in [3.8, 4) is 0 Å². The second-order valence-electron chi connectivity index (χ2n) is 3.00. The van der Waals surface area contributed by atoms with Crippen molar-refractivity contribution in [3.05, 3.63) is 40.7 Å². The Bertz CT molecular complexity index is 420. The average molecular weight is 244 g/mol. The van der Waals surface area contributed by atoms with E-state index in [1.165, 1.54) is 14.2 Å². The van der Waals surface area contributed by atoms with Crippen LogP contribution in [0.4, 0.5) is 4.39 Å². The molecule has 0 fully saturated rings. The Kier molecular flexibility index (Phi) is 4.46. The van der Waals surface area contributed by atoms with Gasteiger partial charge in [-0.1, -0.05) is 29.8 Å². The smallest absolute Gasteiger partial charge is 0.274 e. The van der Waals surface area contributed by atoms with Gasteiger partial charge < -0.3 is 0 Å². The maximum absolute atomic E-state index is 13.4. The monoisotopic (exact) mass is 243 g/mol. The van der Waals surface area contributed by atoms with Gasteiger partial charge in [0.05, 0.1) is 7.11 Å². The normalized spacial score (nSPS) is 11.4. The predicted molar refractivity (Wildman–Crippen MR) is 60.3 cm³/mol. The summed E-state index contributed by atoms with van der Waals surface area (Å²) in [6.07, 6.45) is 1.07. The first kappa shape index (κ1) is 12.7. The molecule has 0 radical (unpaired) electrons.